The second-order valence-electron chi connectivity index (χ2n) is 24.7. The van der Waals surface area contributed by atoms with Crippen LogP contribution in [0.5, 0.6) is 0 Å². The lowest BCUT2D eigenvalue weighted by Crippen LogP contribution is -2.57. The molecule has 2 aromatic rings. The molecule has 5 aliphatic heterocycles. The minimum atomic E-state index is -0.931. The number of esters is 5. The summed E-state index contributed by atoms with van der Waals surface area (Å²) < 4.78 is 30.6. The van der Waals surface area contributed by atoms with Gasteiger partial charge < -0.3 is 68.5 Å². The summed E-state index contributed by atoms with van der Waals surface area (Å²) in [6, 6.07) is 14.3. The summed E-state index contributed by atoms with van der Waals surface area (Å²) in [5.74, 6) is -2.69. The molecule has 5 unspecified atom stereocenters. The molecule has 5 saturated heterocycles. The van der Waals surface area contributed by atoms with Crippen LogP contribution in [0, 0.1) is 0 Å². The Labute approximate surface area is 570 Å². The standard InChI is InChI=1S/C18H24N2O5.C17H23N3O4.C11H18N2O5.C11H21NO3.C9H16N2O3.CH4/c1-14(21)19-8-9-20(17(10-19)13-24-15(2)22)11-18(23)25-12-16-6-4-3-5-7-16;1-13(21)19-7-8-20(16(10-19)12-24-14(2)22)11-17(23)9-15-5-3-4-6-18-15;1-8(14)12-3-4-13(6-11(16)17)10(5-12)7-18-9(2)15;1-11(2,3)15-10(14)12-7-5-4-6-9(12)8-13;1-7(12)11-4-3-10-9(5-11)6-14-8(2)13;/h3-7,17H,8-13H2,1-2H3;3-6,16H,7-12H2,1-2H3;10H,3-7H2,1-2H3,(H,16,17);9,13H,4-8H2,1-3H3;9-10H,3-6H2,1-2H3;1H4. The first-order chi connectivity index (χ1) is 45.3. The van der Waals surface area contributed by atoms with E-state index < -0.39 is 17.5 Å². The Hall–Kier alpha value is -8.19. The molecule has 0 spiro atoms. The molecule has 30 nitrogen and oxygen atoms in total. The van der Waals surface area contributed by atoms with Gasteiger partial charge in [0.1, 0.15) is 38.6 Å². The second kappa shape index (κ2) is 44.6. The van der Waals surface area contributed by atoms with Crippen LogP contribution in [-0.4, -0.2) is 299 Å². The van der Waals surface area contributed by atoms with Crippen LogP contribution < -0.4 is 5.32 Å². The van der Waals surface area contributed by atoms with Gasteiger partial charge in [-0.05, 0) is 57.7 Å². The Morgan fingerprint density at radius 3 is 1.41 bits per heavy atom. The van der Waals surface area contributed by atoms with Crippen LogP contribution in [0.4, 0.5) is 4.79 Å². The molecule has 0 saturated carbocycles. The molecule has 0 bridgehead atoms. The van der Waals surface area contributed by atoms with E-state index in [2.05, 4.69) is 10.3 Å². The highest BCUT2D eigenvalue weighted by molar-refractivity contribution is 5.82. The number of carboxylic acids is 1. The van der Waals surface area contributed by atoms with Crippen molar-refractivity contribution in [1.29, 1.82) is 0 Å². The zero-order valence-corrected chi connectivity index (χ0v) is 57.7. The van der Waals surface area contributed by atoms with Gasteiger partial charge >= 0.3 is 41.9 Å². The third kappa shape index (κ3) is 35.1. The van der Waals surface area contributed by atoms with E-state index in [1.54, 1.807) is 42.5 Å². The van der Waals surface area contributed by atoms with E-state index in [0.717, 1.165) is 43.6 Å². The van der Waals surface area contributed by atoms with Crippen LogP contribution >= 0.6 is 0 Å². The van der Waals surface area contributed by atoms with Gasteiger partial charge in [0.25, 0.3) is 0 Å². The number of Topliss-reactive ketones (excluding diaryl/α,β-unsaturated/α-hetero) is 1. The first-order valence-corrected chi connectivity index (χ1v) is 32.3. The number of rotatable bonds is 19. The number of aliphatic hydroxyl groups is 1. The summed E-state index contributed by atoms with van der Waals surface area (Å²) in [6.45, 7) is 25.5. The fourth-order valence-electron chi connectivity index (χ4n) is 10.6. The number of carbonyl (C=O) groups is 12. The molecule has 7 rings (SSSR count). The number of benzene rings is 1. The van der Waals surface area contributed by atoms with E-state index in [1.165, 1.54) is 48.5 Å². The number of ether oxygens (including phenoxy) is 6. The van der Waals surface area contributed by atoms with Gasteiger partial charge in [0.2, 0.25) is 23.6 Å². The van der Waals surface area contributed by atoms with Crippen LogP contribution in [0.1, 0.15) is 114 Å². The molecule has 5 amide bonds. The number of carboxylic acid groups (broad SMARTS) is 1. The number of aliphatic carboxylic acids is 1. The Bertz CT molecular complexity index is 2830. The smallest absolute Gasteiger partial charge is 0.410 e. The average Bonchev–Trinajstić information content (AvgIpc) is 0.934. The number of amides is 5. The quantitative estimate of drug-likeness (QED) is 0.134. The van der Waals surface area contributed by atoms with E-state index in [4.69, 9.17) is 38.6 Å². The number of nitrogens with one attached hydrogen (secondary N) is 1. The Balaban J connectivity index is 0.000000419. The molecule has 97 heavy (non-hydrogen) atoms. The number of pyridine rings is 1. The van der Waals surface area contributed by atoms with Crippen molar-refractivity contribution in [3.8, 4) is 0 Å². The number of carbonyl (C=O) groups excluding carboxylic acids is 11. The van der Waals surface area contributed by atoms with Crippen molar-refractivity contribution in [2.24, 2.45) is 0 Å². The minimum Gasteiger partial charge on any atom is -0.480 e. The van der Waals surface area contributed by atoms with Gasteiger partial charge in [-0.1, -0.05) is 43.8 Å². The number of hydrogen-bond acceptors (Lipinski definition) is 24. The average molecular weight is 1370 g/mol. The third-order valence-corrected chi connectivity index (χ3v) is 15.6. The second-order valence-corrected chi connectivity index (χ2v) is 24.7. The van der Waals surface area contributed by atoms with E-state index >= 15 is 0 Å². The molecule has 0 radical (unpaired) electrons. The van der Waals surface area contributed by atoms with Crippen molar-refractivity contribution in [2.45, 2.75) is 152 Å². The number of ketones is 1. The van der Waals surface area contributed by atoms with Crippen molar-refractivity contribution in [2.75, 3.05) is 138 Å². The largest absolute Gasteiger partial charge is 0.480 e. The normalized spacial score (nSPS) is 19.6. The predicted octanol–water partition coefficient (Wildman–Crippen LogP) is 2.06. The van der Waals surface area contributed by atoms with E-state index in [9.17, 15) is 57.5 Å². The lowest BCUT2D eigenvalue weighted by atomic mass is 10.0. The predicted molar refractivity (Wildman–Crippen MR) is 355 cm³/mol. The van der Waals surface area contributed by atoms with Crippen LogP contribution in [0.25, 0.3) is 0 Å². The number of piperazine rings is 4. The van der Waals surface area contributed by atoms with Gasteiger partial charge in [-0.15, -0.1) is 0 Å². The Kier molecular flexibility index (Phi) is 39.0. The van der Waals surface area contributed by atoms with Crippen LogP contribution in [0.2, 0.25) is 0 Å². The molecule has 0 aliphatic carbocycles. The monoisotopic (exact) mass is 1370 g/mol. The summed E-state index contributed by atoms with van der Waals surface area (Å²) in [5.41, 5.74) is 1.20. The molecule has 544 valence electrons. The molecular formula is C67H106N10O20. The number of likely N-dealkylation sites (tertiary alicyclic amines) is 1. The van der Waals surface area contributed by atoms with Crippen molar-refractivity contribution in [3.05, 3.63) is 66.0 Å². The third-order valence-electron chi connectivity index (χ3n) is 15.6. The minimum absolute atomic E-state index is 0. The Morgan fingerprint density at radius 1 is 0.526 bits per heavy atom. The molecule has 5 fully saturated rings. The molecule has 5 aliphatic rings. The summed E-state index contributed by atoms with van der Waals surface area (Å²) in [4.78, 5) is 154. The molecule has 6 heterocycles. The van der Waals surface area contributed by atoms with Crippen LogP contribution in [-0.2, 0) is 94.2 Å². The van der Waals surface area contributed by atoms with Gasteiger partial charge in [-0.2, -0.15) is 0 Å². The number of nitrogens with zero attached hydrogens (tertiary/aromatic N) is 9. The summed E-state index contributed by atoms with van der Waals surface area (Å²) in [6.07, 6.45) is 4.57. The summed E-state index contributed by atoms with van der Waals surface area (Å²) >= 11 is 0. The van der Waals surface area contributed by atoms with E-state index in [1.807, 2.05) is 79.1 Å². The number of hydrogen-bond donors (Lipinski definition) is 3. The highest BCUT2D eigenvalue weighted by atomic mass is 16.6. The molecule has 1 aromatic heterocycles. The number of aromatic nitrogens is 1. The highest BCUT2D eigenvalue weighted by Gasteiger charge is 2.34. The zero-order chi connectivity index (χ0) is 71.5. The fourth-order valence-corrected chi connectivity index (χ4v) is 10.6. The highest BCUT2D eigenvalue weighted by Crippen LogP contribution is 2.21. The Morgan fingerprint density at radius 2 is 0.979 bits per heavy atom. The molecule has 3 N–H and O–H groups in total. The topological polar surface area (TPSA) is 352 Å². The van der Waals surface area contributed by atoms with Crippen LogP contribution in [0.15, 0.2) is 54.7 Å². The molecule has 1 aromatic carbocycles. The zero-order valence-electron chi connectivity index (χ0n) is 57.7. The molecule has 5 atom stereocenters. The molecule has 30 heteroatoms. The van der Waals surface area contributed by atoms with E-state index in [0.29, 0.717) is 78.6 Å². The van der Waals surface area contributed by atoms with Crippen molar-refractivity contribution >= 4 is 71.3 Å². The van der Waals surface area contributed by atoms with Gasteiger partial charge in [-0.25, -0.2) is 4.79 Å². The summed E-state index contributed by atoms with van der Waals surface area (Å²) in [7, 11) is 0. The van der Waals surface area contributed by atoms with Crippen molar-refractivity contribution in [3.63, 3.8) is 0 Å². The van der Waals surface area contributed by atoms with Crippen molar-refractivity contribution in [1.82, 2.24) is 49.5 Å². The lowest BCUT2D eigenvalue weighted by Gasteiger charge is -2.40. The van der Waals surface area contributed by atoms with Gasteiger partial charge in [0.05, 0.1) is 62.9 Å². The first-order valence-electron chi connectivity index (χ1n) is 32.3. The van der Waals surface area contributed by atoms with Gasteiger partial charge in [0.15, 0.2) is 5.78 Å². The van der Waals surface area contributed by atoms with Crippen LogP contribution in [0.3, 0.4) is 0 Å². The lowest BCUT2D eigenvalue weighted by molar-refractivity contribution is -0.151. The number of piperidine rings is 1. The maximum Gasteiger partial charge on any atom is 0.410 e. The first kappa shape index (κ1) is 84.9. The number of aliphatic hydroxyl groups excluding tert-OH is 1. The maximum absolute atomic E-state index is 12.3. The summed E-state index contributed by atoms with van der Waals surface area (Å²) in [5, 5.41) is 21.2. The van der Waals surface area contributed by atoms with Crippen molar-refractivity contribution < 1.29 is 96.2 Å². The molecular weight excluding hydrogens is 1260 g/mol. The fraction of sp³-hybridized carbons (Fsp3) is 0.657. The van der Waals surface area contributed by atoms with Gasteiger partial charge in [0, 0.05) is 152 Å². The SMILES string of the molecule is C.CC(=O)OCC1CN(C(C)=O)CCN1.CC(=O)OCC1CN(C(C)=O)CCN1CC(=O)Cc1ccccn1.CC(=O)OCC1CN(C(C)=O)CCN1CC(=O)O.CC(=O)OCC1CN(C(C)=O)CCN1CC(=O)OCc1ccccc1.CC(C)(C)OC(=O)N1CCCCC1CO. The maximum atomic E-state index is 12.3. The van der Waals surface area contributed by atoms with Gasteiger partial charge in [-0.3, -0.25) is 72.4 Å². The van der Waals surface area contributed by atoms with E-state index in [-0.39, 0.29) is 156 Å².